The van der Waals surface area contributed by atoms with Crippen molar-refractivity contribution < 1.29 is 5.02 Å². The Labute approximate surface area is 108 Å². The molecule has 3 N–H and O–H groups in total. The monoisotopic (exact) mass is 246 g/mol. The van der Waals surface area contributed by atoms with E-state index in [2.05, 4.69) is 14.7 Å². The van der Waals surface area contributed by atoms with Crippen LogP contribution in [-0.2, 0) is 0 Å². The first-order valence-corrected chi connectivity index (χ1v) is 6.57. The van der Waals surface area contributed by atoms with Crippen molar-refractivity contribution in [3.8, 4) is 0 Å². The molecule has 0 aromatic carbocycles. The smallest absolute Gasteiger partial charge is 0.376 e. The van der Waals surface area contributed by atoms with Gasteiger partial charge in [0, 0.05) is 25.2 Å². The summed E-state index contributed by atoms with van der Waals surface area (Å²) in [6, 6.07) is 4.88. The third-order valence-electron chi connectivity index (χ3n) is 4.11. The van der Waals surface area contributed by atoms with Gasteiger partial charge in [-0.15, -0.1) is 0 Å². The van der Waals surface area contributed by atoms with Crippen molar-refractivity contribution >= 4 is 18.6 Å². The van der Waals surface area contributed by atoms with E-state index in [1.54, 1.807) is 0 Å². The molecule has 1 aromatic heterocycles. The molecule has 0 spiro atoms. The minimum atomic E-state index is -0.347. The molecule has 0 radical (unpaired) electrons. The number of nitrogens with zero attached hydrogens (tertiary/aromatic N) is 3. The number of hydrogen-bond donors (Lipinski definition) is 2. The Kier molecular flexibility index (Phi) is 2.91. The molecular formula is C12H19BN4O. The van der Waals surface area contributed by atoms with E-state index in [-0.39, 0.29) is 7.05 Å². The largest absolute Gasteiger partial charge is 0.437 e. The quantitative estimate of drug-likeness (QED) is 0.740. The zero-order valence-electron chi connectivity index (χ0n) is 10.7. The second kappa shape index (κ2) is 4.44. The molecule has 3 rings (SSSR count). The van der Waals surface area contributed by atoms with Crippen molar-refractivity contribution in [3.05, 3.63) is 18.3 Å². The summed E-state index contributed by atoms with van der Waals surface area (Å²) in [6.45, 7) is 3.71. The van der Waals surface area contributed by atoms with Gasteiger partial charge < -0.3 is 20.5 Å². The first kappa shape index (κ1) is 11.8. The second-order valence-electron chi connectivity index (χ2n) is 5.32. The summed E-state index contributed by atoms with van der Waals surface area (Å²) in [5, 5.41) is 9.71. The van der Waals surface area contributed by atoms with Gasteiger partial charge in [-0.3, -0.25) is 0 Å². The molecule has 6 heteroatoms. The zero-order chi connectivity index (χ0) is 12.7. The average Bonchev–Trinajstić information content (AvgIpc) is 2.61. The molecular weight excluding hydrogens is 227 g/mol. The van der Waals surface area contributed by atoms with Gasteiger partial charge in [-0.25, -0.2) is 4.98 Å². The highest BCUT2D eigenvalue weighted by Gasteiger charge is 2.41. The molecule has 3 heterocycles. The highest BCUT2D eigenvalue weighted by Crippen LogP contribution is 2.34. The number of rotatable bonds is 2. The SMILES string of the molecule is CB(O)N1CC2CCC(C1)N2c1ccc(N)nc1. The lowest BCUT2D eigenvalue weighted by Crippen LogP contribution is -2.57. The van der Waals surface area contributed by atoms with Crippen LogP contribution in [0.1, 0.15) is 12.8 Å². The third-order valence-corrected chi connectivity index (χ3v) is 4.11. The van der Waals surface area contributed by atoms with Crippen LogP contribution < -0.4 is 10.6 Å². The Morgan fingerprint density at radius 2 is 2.00 bits per heavy atom. The zero-order valence-corrected chi connectivity index (χ0v) is 10.7. The fraction of sp³-hybridized carbons (Fsp3) is 0.583. The highest BCUT2D eigenvalue weighted by molar-refractivity contribution is 6.45. The van der Waals surface area contributed by atoms with Crippen LogP contribution in [-0.4, -0.2) is 47.0 Å². The van der Waals surface area contributed by atoms with Gasteiger partial charge in [-0.05, 0) is 31.8 Å². The maximum atomic E-state index is 9.71. The van der Waals surface area contributed by atoms with Gasteiger partial charge >= 0.3 is 7.05 Å². The molecule has 2 fully saturated rings. The summed E-state index contributed by atoms with van der Waals surface area (Å²) < 4.78 is 0. The van der Waals surface area contributed by atoms with Crippen LogP contribution in [0.15, 0.2) is 18.3 Å². The Hall–Kier alpha value is -1.27. The van der Waals surface area contributed by atoms with E-state index in [0.717, 1.165) is 18.8 Å². The predicted molar refractivity (Wildman–Crippen MR) is 73.3 cm³/mol. The van der Waals surface area contributed by atoms with Gasteiger partial charge in [-0.2, -0.15) is 0 Å². The topological polar surface area (TPSA) is 65.6 Å². The number of piperazine rings is 1. The van der Waals surface area contributed by atoms with Crippen molar-refractivity contribution in [1.29, 1.82) is 0 Å². The van der Waals surface area contributed by atoms with Crippen LogP contribution in [0, 0.1) is 0 Å². The van der Waals surface area contributed by atoms with Crippen LogP contribution in [0.2, 0.25) is 6.82 Å². The molecule has 0 amide bonds. The Morgan fingerprint density at radius 1 is 1.33 bits per heavy atom. The van der Waals surface area contributed by atoms with E-state index >= 15 is 0 Å². The summed E-state index contributed by atoms with van der Waals surface area (Å²) in [6.07, 6.45) is 4.25. The molecule has 2 bridgehead atoms. The van der Waals surface area contributed by atoms with Gasteiger partial charge in [0.2, 0.25) is 0 Å². The molecule has 0 saturated carbocycles. The lowest BCUT2D eigenvalue weighted by atomic mass is 9.83. The van der Waals surface area contributed by atoms with E-state index in [0.29, 0.717) is 17.9 Å². The molecule has 2 unspecified atom stereocenters. The maximum Gasteiger partial charge on any atom is 0.376 e. The molecule has 2 saturated heterocycles. The maximum absolute atomic E-state index is 9.71. The van der Waals surface area contributed by atoms with E-state index in [4.69, 9.17) is 5.73 Å². The van der Waals surface area contributed by atoms with Crippen molar-refractivity contribution in [3.63, 3.8) is 0 Å². The van der Waals surface area contributed by atoms with Gasteiger partial charge in [-0.1, -0.05) is 0 Å². The third kappa shape index (κ3) is 1.95. The molecule has 18 heavy (non-hydrogen) atoms. The summed E-state index contributed by atoms with van der Waals surface area (Å²) in [4.78, 5) is 8.78. The fourth-order valence-corrected chi connectivity index (χ4v) is 3.21. The number of aromatic nitrogens is 1. The first-order chi connectivity index (χ1) is 8.65. The van der Waals surface area contributed by atoms with E-state index < -0.39 is 0 Å². The van der Waals surface area contributed by atoms with Crippen molar-refractivity contribution in [2.45, 2.75) is 31.7 Å². The van der Waals surface area contributed by atoms with Gasteiger partial charge in [0.25, 0.3) is 0 Å². The van der Waals surface area contributed by atoms with Crippen LogP contribution in [0.3, 0.4) is 0 Å². The summed E-state index contributed by atoms with van der Waals surface area (Å²) in [5.41, 5.74) is 6.79. The number of anilines is 2. The minimum Gasteiger partial charge on any atom is -0.437 e. The van der Waals surface area contributed by atoms with Crippen molar-refractivity contribution in [1.82, 2.24) is 9.79 Å². The number of fused-ring (bicyclic) bond motifs is 2. The number of pyridine rings is 1. The van der Waals surface area contributed by atoms with Gasteiger partial charge in [0.15, 0.2) is 0 Å². The summed E-state index contributed by atoms with van der Waals surface area (Å²) >= 11 is 0. The van der Waals surface area contributed by atoms with Gasteiger partial charge in [0.05, 0.1) is 11.9 Å². The lowest BCUT2D eigenvalue weighted by Gasteiger charge is -2.42. The first-order valence-electron chi connectivity index (χ1n) is 6.57. The number of hydrogen-bond acceptors (Lipinski definition) is 5. The Balaban J connectivity index is 1.81. The Bertz CT molecular complexity index is 411. The standard InChI is InChI=1S/C12H19BN4O/c1-13(18)16-7-10-2-3-11(8-16)17(10)9-4-5-12(14)15-6-9/h4-6,10-11,18H,2-3,7-8H2,1H3,(H2,14,15). The molecule has 2 aliphatic heterocycles. The molecule has 96 valence electrons. The second-order valence-corrected chi connectivity index (χ2v) is 5.32. The minimum absolute atomic E-state index is 0.347. The van der Waals surface area contributed by atoms with Crippen LogP contribution >= 0.6 is 0 Å². The van der Waals surface area contributed by atoms with Crippen LogP contribution in [0.25, 0.3) is 0 Å². The van der Waals surface area contributed by atoms with Crippen molar-refractivity contribution in [2.24, 2.45) is 0 Å². The molecule has 5 nitrogen and oxygen atoms in total. The molecule has 0 aliphatic carbocycles. The lowest BCUT2D eigenvalue weighted by molar-refractivity contribution is 0.299. The van der Waals surface area contributed by atoms with E-state index in [9.17, 15) is 5.02 Å². The predicted octanol–water partition coefficient (Wildman–Crippen LogP) is 0.427. The summed E-state index contributed by atoms with van der Waals surface area (Å²) in [7, 11) is -0.347. The summed E-state index contributed by atoms with van der Waals surface area (Å²) in [5.74, 6) is 0.564. The number of nitrogens with two attached hydrogens (primary N) is 1. The van der Waals surface area contributed by atoms with Crippen LogP contribution in [0.4, 0.5) is 11.5 Å². The number of nitrogen functional groups attached to an aromatic ring is 1. The molecule has 2 aliphatic rings. The Morgan fingerprint density at radius 3 is 2.50 bits per heavy atom. The van der Waals surface area contributed by atoms with E-state index in [1.165, 1.54) is 12.8 Å². The van der Waals surface area contributed by atoms with Gasteiger partial charge in [0.1, 0.15) is 5.82 Å². The highest BCUT2D eigenvalue weighted by atomic mass is 16.2. The normalized spacial score (nSPS) is 27.6. The molecule has 2 atom stereocenters. The average molecular weight is 246 g/mol. The fourth-order valence-electron chi connectivity index (χ4n) is 3.21. The van der Waals surface area contributed by atoms with Crippen molar-refractivity contribution in [2.75, 3.05) is 23.7 Å². The molecule has 1 aromatic rings. The van der Waals surface area contributed by atoms with Crippen LogP contribution in [0.5, 0.6) is 0 Å². The van der Waals surface area contributed by atoms with E-state index in [1.807, 2.05) is 25.2 Å².